The first-order valence-electron chi connectivity index (χ1n) is 17.3. The average molecular weight is 703 g/mol. The van der Waals surface area contributed by atoms with E-state index in [1.54, 1.807) is 36.4 Å². The third-order valence-corrected chi connectivity index (χ3v) is 7.97. The van der Waals surface area contributed by atoms with Crippen LogP contribution in [0.5, 0.6) is 11.5 Å². The number of halogens is 4. The molecule has 0 aliphatic carbocycles. The van der Waals surface area contributed by atoms with E-state index in [4.69, 9.17) is 14.2 Å². The fourth-order valence-electron chi connectivity index (χ4n) is 5.15. The Morgan fingerprint density at radius 3 is 1.90 bits per heavy atom. The summed E-state index contributed by atoms with van der Waals surface area (Å²) in [7, 11) is 0. The molecule has 7 nitrogen and oxygen atoms in total. The quantitative estimate of drug-likeness (QED) is 0.0472. The van der Waals surface area contributed by atoms with Crippen LogP contribution in [-0.2, 0) is 14.3 Å². The molecule has 50 heavy (non-hydrogen) atoms. The Bertz CT molecular complexity index is 1490. The first kappa shape index (κ1) is 40.2. The third kappa shape index (κ3) is 13.9. The molecule has 3 aromatic rings. The summed E-state index contributed by atoms with van der Waals surface area (Å²) < 4.78 is 75.7. The molecule has 0 amide bonds. The third-order valence-electron chi connectivity index (χ3n) is 7.97. The summed E-state index contributed by atoms with van der Waals surface area (Å²) in [5, 5.41) is 0. The van der Waals surface area contributed by atoms with E-state index in [0.717, 1.165) is 48.6 Å². The van der Waals surface area contributed by atoms with Crippen LogP contribution in [0, 0.1) is 5.82 Å². The van der Waals surface area contributed by atoms with Crippen molar-refractivity contribution in [3.63, 3.8) is 0 Å². The molecule has 272 valence electrons. The van der Waals surface area contributed by atoms with Crippen LogP contribution in [0.25, 0.3) is 11.1 Å². The predicted molar refractivity (Wildman–Crippen MR) is 182 cm³/mol. The number of carbonyl (C=O) groups is 3. The molecule has 3 rings (SSSR count). The van der Waals surface area contributed by atoms with Crippen molar-refractivity contribution in [2.24, 2.45) is 0 Å². The zero-order valence-corrected chi connectivity index (χ0v) is 28.7. The Labute approximate surface area is 291 Å². The molecule has 0 aromatic heterocycles. The molecule has 0 heterocycles. The Kier molecular flexibility index (Phi) is 16.9. The Morgan fingerprint density at radius 2 is 1.28 bits per heavy atom. The molecule has 0 saturated carbocycles. The van der Waals surface area contributed by atoms with Gasteiger partial charge in [0.25, 0.3) is 0 Å². The van der Waals surface area contributed by atoms with Gasteiger partial charge in [0.15, 0.2) is 6.10 Å². The number of rotatable bonds is 21. The molecular weight excluding hydrogens is 656 g/mol. The summed E-state index contributed by atoms with van der Waals surface area (Å²) in [5.74, 6) is -3.54. The first-order valence-corrected chi connectivity index (χ1v) is 17.3. The van der Waals surface area contributed by atoms with E-state index in [-0.39, 0.29) is 23.7 Å². The van der Waals surface area contributed by atoms with Crippen molar-refractivity contribution >= 4 is 17.9 Å². The highest BCUT2D eigenvalue weighted by Crippen LogP contribution is 2.29. The van der Waals surface area contributed by atoms with Gasteiger partial charge >= 0.3 is 24.1 Å². The normalized spacial score (nSPS) is 12.0. The van der Waals surface area contributed by atoms with Gasteiger partial charge < -0.3 is 18.9 Å². The Hall–Kier alpha value is -4.25. The highest BCUT2D eigenvalue weighted by Gasteiger charge is 2.42. The maximum absolute atomic E-state index is 14.8. The van der Waals surface area contributed by atoms with E-state index < -0.39 is 42.0 Å². The van der Waals surface area contributed by atoms with Crippen molar-refractivity contribution in [1.82, 2.24) is 0 Å². The van der Waals surface area contributed by atoms with Crippen molar-refractivity contribution in [3.05, 3.63) is 83.7 Å². The van der Waals surface area contributed by atoms with Crippen molar-refractivity contribution in [2.45, 2.75) is 103 Å². The van der Waals surface area contributed by atoms with Gasteiger partial charge in [-0.2, -0.15) is 13.2 Å². The summed E-state index contributed by atoms with van der Waals surface area (Å²) in [6, 6.07) is 16.1. The van der Waals surface area contributed by atoms with E-state index in [1.807, 2.05) is 6.92 Å². The van der Waals surface area contributed by atoms with Gasteiger partial charge in [-0.1, -0.05) is 76.1 Å². The van der Waals surface area contributed by atoms with Gasteiger partial charge in [0, 0.05) is 25.7 Å². The molecule has 0 radical (unpaired) electrons. The second-order valence-corrected chi connectivity index (χ2v) is 12.0. The molecule has 1 atom stereocenters. The van der Waals surface area contributed by atoms with Crippen LogP contribution >= 0.6 is 0 Å². The molecule has 3 aromatic carbocycles. The number of carbonyl (C=O) groups excluding carboxylic acids is 3. The molecule has 11 heteroatoms. The van der Waals surface area contributed by atoms with Crippen molar-refractivity contribution in [2.75, 3.05) is 13.2 Å². The Balaban J connectivity index is 1.50. The minimum absolute atomic E-state index is 0.145. The van der Waals surface area contributed by atoms with Crippen LogP contribution in [0.3, 0.4) is 0 Å². The van der Waals surface area contributed by atoms with Gasteiger partial charge in [-0.05, 0) is 80.1 Å². The van der Waals surface area contributed by atoms with E-state index in [2.05, 4.69) is 11.7 Å². The van der Waals surface area contributed by atoms with Crippen LogP contribution in [0.2, 0.25) is 0 Å². The number of alkyl halides is 3. The minimum Gasteiger partial charge on any atom is -0.449 e. The monoisotopic (exact) mass is 702 g/mol. The smallest absolute Gasteiger partial charge is 0.425 e. The summed E-state index contributed by atoms with van der Waals surface area (Å²) in [5.41, 5.74) is 1.03. The molecule has 0 spiro atoms. The zero-order valence-electron chi connectivity index (χ0n) is 28.7. The fraction of sp³-hybridized carbons (Fsp3) is 0.462. The topological polar surface area (TPSA) is 88.1 Å². The second kappa shape index (κ2) is 21.1. The van der Waals surface area contributed by atoms with Crippen LogP contribution in [0.15, 0.2) is 66.7 Å². The maximum Gasteiger partial charge on any atom is 0.425 e. The SMILES string of the molecule is CCCCCCCCCC(=O)Oc1ccc(-c2ccc(C(=O)Oc3ccc(C(=O)O[C@H](CCCCCOCC)C(F)(F)F)c(F)c3)cc2)cc1. The molecule has 0 aliphatic heterocycles. The van der Waals surface area contributed by atoms with Gasteiger partial charge in [-0.3, -0.25) is 4.79 Å². The fourth-order valence-corrected chi connectivity index (χ4v) is 5.15. The summed E-state index contributed by atoms with van der Waals surface area (Å²) in [6.07, 6.45) is 1.67. The summed E-state index contributed by atoms with van der Waals surface area (Å²) in [4.78, 5) is 37.3. The molecular formula is C39H46F4O7. The van der Waals surface area contributed by atoms with Crippen LogP contribution < -0.4 is 9.47 Å². The molecule has 0 aliphatic rings. The predicted octanol–water partition coefficient (Wildman–Crippen LogP) is 10.4. The number of hydrogen-bond donors (Lipinski definition) is 0. The summed E-state index contributed by atoms with van der Waals surface area (Å²) in [6.45, 7) is 4.93. The van der Waals surface area contributed by atoms with Gasteiger partial charge in [0.2, 0.25) is 0 Å². The van der Waals surface area contributed by atoms with E-state index >= 15 is 0 Å². The lowest BCUT2D eigenvalue weighted by Crippen LogP contribution is -2.34. The Morgan fingerprint density at radius 1 is 0.680 bits per heavy atom. The van der Waals surface area contributed by atoms with Crippen molar-refractivity contribution < 1.29 is 50.9 Å². The number of ether oxygens (including phenoxy) is 4. The molecule has 0 saturated heterocycles. The second-order valence-electron chi connectivity index (χ2n) is 12.0. The standard InChI is InChI=1S/C39H46F4O7/c1-3-5-6-7-8-9-12-15-36(44)48-31-22-20-29(21-23-31)28-16-18-30(19-17-28)37(45)49-32-24-25-33(34(40)27-32)38(46)50-35(39(41,42)43)14-11-10-13-26-47-4-2/h16-25,27,35H,3-15,26H2,1-2H3/t35-/m1/s1. The van der Waals surface area contributed by atoms with Gasteiger partial charge in [0.05, 0.1) is 11.1 Å². The largest absolute Gasteiger partial charge is 0.449 e. The van der Waals surface area contributed by atoms with Gasteiger partial charge in [0.1, 0.15) is 17.3 Å². The first-order chi connectivity index (χ1) is 24.0. The number of esters is 3. The minimum atomic E-state index is -4.82. The van der Waals surface area contributed by atoms with Crippen molar-refractivity contribution in [1.29, 1.82) is 0 Å². The lowest BCUT2D eigenvalue weighted by molar-refractivity contribution is -0.206. The lowest BCUT2D eigenvalue weighted by Gasteiger charge is -2.21. The number of benzene rings is 3. The molecule has 0 unspecified atom stereocenters. The number of unbranched alkanes of at least 4 members (excludes halogenated alkanes) is 8. The van der Waals surface area contributed by atoms with Crippen LogP contribution in [-0.4, -0.2) is 43.4 Å². The maximum atomic E-state index is 14.8. The highest BCUT2D eigenvalue weighted by atomic mass is 19.4. The summed E-state index contributed by atoms with van der Waals surface area (Å²) >= 11 is 0. The molecule has 0 bridgehead atoms. The lowest BCUT2D eigenvalue weighted by atomic mass is 10.0. The number of hydrogen-bond acceptors (Lipinski definition) is 7. The molecule has 0 fully saturated rings. The highest BCUT2D eigenvalue weighted by molar-refractivity contribution is 5.92. The van der Waals surface area contributed by atoms with Crippen LogP contribution in [0.1, 0.15) is 112 Å². The zero-order chi connectivity index (χ0) is 36.4. The van der Waals surface area contributed by atoms with E-state index in [1.165, 1.54) is 37.8 Å². The van der Waals surface area contributed by atoms with E-state index in [9.17, 15) is 31.9 Å². The van der Waals surface area contributed by atoms with Crippen LogP contribution in [0.4, 0.5) is 17.6 Å². The van der Waals surface area contributed by atoms with Gasteiger partial charge in [-0.25, -0.2) is 14.0 Å². The van der Waals surface area contributed by atoms with Crippen molar-refractivity contribution in [3.8, 4) is 22.6 Å². The van der Waals surface area contributed by atoms with Gasteiger partial charge in [-0.15, -0.1) is 0 Å². The molecule has 0 N–H and O–H groups in total. The van der Waals surface area contributed by atoms with E-state index in [0.29, 0.717) is 38.2 Å². The average Bonchev–Trinajstić information content (AvgIpc) is 3.08.